The van der Waals surface area contributed by atoms with Crippen LogP contribution in [0.4, 0.5) is 0 Å². The average molecular weight is 695 g/mol. The van der Waals surface area contributed by atoms with Crippen molar-refractivity contribution < 1.29 is 31.8 Å². The average Bonchev–Trinajstić information content (AvgIpc) is 2.82. The van der Waals surface area contributed by atoms with E-state index < -0.39 is 10.4 Å². The van der Waals surface area contributed by atoms with E-state index in [1.165, 1.54) is 0 Å². The SMILES string of the molecule is CC(C)C1CC(SC(C)(C)SC2CC(C(C)(C)C)C(O)C(C(C)(C)C)C2)CC(C(C)(C)C)C1OC(=O)CCCCOS(=O)(=O)O. The molecule has 0 aromatic rings. The minimum Gasteiger partial charge on any atom is -0.462 e. The highest BCUT2D eigenvalue weighted by Crippen LogP contribution is 2.56. The number of thioether (sulfide) groups is 2. The molecule has 6 unspecified atom stereocenters. The second-order valence-corrected chi connectivity index (χ2v) is 23.0. The van der Waals surface area contributed by atoms with Crippen LogP contribution in [0.3, 0.4) is 0 Å². The summed E-state index contributed by atoms with van der Waals surface area (Å²) in [5.41, 5.74) is 0.0539. The molecule has 0 radical (unpaired) electrons. The molecule has 0 amide bonds. The first-order valence-electron chi connectivity index (χ1n) is 17.1. The van der Waals surface area contributed by atoms with Crippen molar-refractivity contribution in [3.63, 3.8) is 0 Å². The normalized spacial score (nSPS) is 30.8. The molecule has 2 fully saturated rings. The van der Waals surface area contributed by atoms with E-state index in [1.54, 1.807) is 0 Å². The van der Waals surface area contributed by atoms with Gasteiger partial charge in [0.2, 0.25) is 0 Å². The first kappa shape index (κ1) is 41.2. The van der Waals surface area contributed by atoms with E-state index in [4.69, 9.17) is 9.29 Å². The lowest BCUT2D eigenvalue weighted by atomic mass is 9.61. The molecule has 7 nitrogen and oxygen atoms in total. The number of hydrogen-bond acceptors (Lipinski definition) is 8. The third kappa shape index (κ3) is 13.1. The lowest BCUT2D eigenvalue weighted by molar-refractivity contribution is -0.163. The van der Waals surface area contributed by atoms with Gasteiger partial charge in [-0.15, -0.1) is 23.5 Å². The highest BCUT2D eigenvalue weighted by molar-refractivity contribution is 8.18. The Labute approximate surface area is 284 Å². The van der Waals surface area contributed by atoms with Crippen LogP contribution in [0.1, 0.15) is 135 Å². The molecule has 0 aromatic carbocycles. The molecule has 6 atom stereocenters. The number of hydrogen-bond donors (Lipinski definition) is 2. The maximum Gasteiger partial charge on any atom is 0.397 e. The predicted molar refractivity (Wildman–Crippen MR) is 190 cm³/mol. The van der Waals surface area contributed by atoms with Gasteiger partial charge in [0.1, 0.15) is 6.10 Å². The van der Waals surface area contributed by atoms with Gasteiger partial charge in [-0.2, -0.15) is 8.42 Å². The maximum absolute atomic E-state index is 13.0. The van der Waals surface area contributed by atoms with Crippen molar-refractivity contribution in [2.75, 3.05) is 6.61 Å². The number of aliphatic hydroxyl groups excluding tert-OH is 1. The van der Waals surface area contributed by atoms with Gasteiger partial charge >= 0.3 is 16.4 Å². The molecule has 2 rings (SSSR count). The van der Waals surface area contributed by atoms with Crippen LogP contribution in [0.25, 0.3) is 0 Å². The molecule has 45 heavy (non-hydrogen) atoms. The van der Waals surface area contributed by atoms with Crippen molar-refractivity contribution in [3.8, 4) is 0 Å². The molecule has 2 N–H and O–H groups in total. The summed E-state index contributed by atoms with van der Waals surface area (Å²) in [6.07, 6.45) is 4.58. The summed E-state index contributed by atoms with van der Waals surface area (Å²) in [6, 6.07) is 0. The van der Waals surface area contributed by atoms with Gasteiger partial charge in [-0.1, -0.05) is 76.2 Å². The van der Waals surface area contributed by atoms with Crippen LogP contribution in [0.2, 0.25) is 0 Å². The number of aliphatic hydroxyl groups is 1. The quantitative estimate of drug-likeness (QED) is 0.0895. The van der Waals surface area contributed by atoms with E-state index in [2.05, 4.69) is 118 Å². The zero-order valence-electron chi connectivity index (χ0n) is 30.5. The molecular formula is C35H66O7S3. The van der Waals surface area contributed by atoms with E-state index >= 15 is 0 Å². The number of unbranched alkanes of at least 4 members (excludes halogenated alkanes) is 1. The summed E-state index contributed by atoms with van der Waals surface area (Å²) in [7, 11) is -4.46. The lowest BCUT2D eigenvalue weighted by Crippen LogP contribution is -2.49. The minimum atomic E-state index is -4.46. The van der Waals surface area contributed by atoms with Gasteiger partial charge in [0.15, 0.2) is 0 Å². The number of carbonyl (C=O) groups is 1. The zero-order valence-corrected chi connectivity index (χ0v) is 33.0. The topological polar surface area (TPSA) is 110 Å². The molecule has 2 saturated carbocycles. The van der Waals surface area contributed by atoms with Crippen molar-refractivity contribution in [1.82, 2.24) is 0 Å². The summed E-state index contributed by atoms with van der Waals surface area (Å²) in [4.78, 5) is 13.0. The number of esters is 1. The van der Waals surface area contributed by atoms with Gasteiger partial charge in [-0.25, -0.2) is 4.18 Å². The Morgan fingerprint density at radius 1 is 0.778 bits per heavy atom. The van der Waals surface area contributed by atoms with Gasteiger partial charge < -0.3 is 9.84 Å². The standard InChI is InChI=1S/C35H66O7S3/c1-22(2)25-18-23(21-28(34(9,10)11)31(25)42-29(36)16-14-15-17-41-45(38,39)40)43-35(12,13)44-24-19-26(32(3,4)5)30(37)27(20-24)33(6,7)8/h22-28,30-31,37H,14-21H2,1-13H3,(H,38,39,40). The van der Waals surface area contributed by atoms with Crippen molar-refractivity contribution in [2.45, 2.75) is 162 Å². The molecule has 0 saturated heterocycles. The Morgan fingerprint density at radius 3 is 1.64 bits per heavy atom. The molecular weight excluding hydrogens is 629 g/mol. The predicted octanol–water partition coefficient (Wildman–Crippen LogP) is 9.04. The van der Waals surface area contributed by atoms with Crippen LogP contribution in [0.15, 0.2) is 0 Å². The molecule has 0 aromatic heterocycles. The van der Waals surface area contributed by atoms with Crippen molar-refractivity contribution in [1.29, 1.82) is 0 Å². The number of carbonyl (C=O) groups excluding carboxylic acids is 1. The summed E-state index contributed by atoms with van der Waals surface area (Å²) < 4.78 is 40.9. The lowest BCUT2D eigenvalue weighted by Gasteiger charge is -2.51. The molecule has 0 aliphatic heterocycles. The molecule has 2 aliphatic rings. The van der Waals surface area contributed by atoms with E-state index in [9.17, 15) is 18.3 Å². The van der Waals surface area contributed by atoms with E-state index in [-0.39, 0.29) is 75.2 Å². The molecule has 2 aliphatic carbocycles. The van der Waals surface area contributed by atoms with E-state index in [0.717, 1.165) is 25.7 Å². The summed E-state index contributed by atoms with van der Waals surface area (Å²) in [6.45, 7) is 29.5. The fourth-order valence-corrected chi connectivity index (χ4v) is 11.8. The maximum atomic E-state index is 13.0. The van der Waals surface area contributed by atoms with Crippen LogP contribution in [0, 0.1) is 45.8 Å². The smallest absolute Gasteiger partial charge is 0.397 e. The number of rotatable bonds is 12. The van der Waals surface area contributed by atoms with Crippen LogP contribution in [-0.4, -0.2) is 57.4 Å². The minimum absolute atomic E-state index is 0.0000907. The third-order valence-electron chi connectivity index (χ3n) is 10.1. The molecule has 10 heteroatoms. The van der Waals surface area contributed by atoms with Gasteiger partial charge in [0.25, 0.3) is 0 Å². The zero-order chi connectivity index (χ0) is 34.8. The highest BCUT2D eigenvalue weighted by Gasteiger charge is 2.49. The Kier molecular flexibility index (Phi) is 14.4. The van der Waals surface area contributed by atoms with Crippen molar-refractivity contribution in [2.24, 2.45) is 45.8 Å². The number of ether oxygens (including phenoxy) is 1. The second kappa shape index (κ2) is 15.7. The third-order valence-corrected chi connectivity index (χ3v) is 13.7. The summed E-state index contributed by atoms with van der Waals surface area (Å²) in [5.74, 6) is 1.09. The van der Waals surface area contributed by atoms with Gasteiger partial charge in [-0.05, 0) is 92.3 Å². The summed E-state index contributed by atoms with van der Waals surface area (Å²) in [5, 5.41) is 12.4. The first-order valence-corrected chi connectivity index (χ1v) is 20.2. The van der Waals surface area contributed by atoms with Crippen LogP contribution in [-0.2, 0) is 24.1 Å². The Hall–Kier alpha value is -0.000000000000000187. The van der Waals surface area contributed by atoms with Gasteiger partial charge in [0.05, 0.1) is 16.8 Å². The van der Waals surface area contributed by atoms with Crippen molar-refractivity contribution in [3.05, 3.63) is 0 Å². The highest BCUT2D eigenvalue weighted by atomic mass is 32.3. The van der Waals surface area contributed by atoms with E-state index in [1.807, 2.05) is 0 Å². The first-order chi connectivity index (χ1) is 20.2. The largest absolute Gasteiger partial charge is 0.462 e. The Bertz CT molecular complexity index is 1030. The fourth-order valence-electron chi connectivity index (χ4n) is 7.64. The molecule has 266 valence electrons. The Morgan fingerprint density at radius 2 is 1.22 bits per heavy atom. The second-order valence-electron chi connectivity index (χ2n) is 17.8. The molecule has 0 heterocycles. The van der Waals surface area contributed by atoms with Crippen LogP contribution < -0.4 is 0 Å². The van der Waals surface area contributed by atoms with Crippen LogP contribution >= 0.6 is 23.5 Å². The van der Waals surface area contributed by atoms with Crippen LogP contribution in [0.5, 0.6) is 0 Å². The fraction of sp³-hybridized carbons (Fsp3) is 0.971. The molecule has 0 bridgehead atoms. The van der Waals surface area contributed by atoms with Crippen molar-refractivity contribution >= 4 is 39.9 Å². The van der Waals surface area contributed by atoms with Gasteiger partial charge in [-0.3, -0.25) is 9.35 Å². The summed E-state index contributed by atoms with van der Waals surface area (Å²) >= 11 is 4.20. The molecule has 0 spiro atoms. The van der Waals surface area contributed by atoms with Gasteiger partial charge in [0, 0.05) is 22.8 Å². The monoisotopic (exact) mass is 694 g/mol. The Balaban J connectivity index is 2.16. The van der Waals surface area contributed by atoms with E-state index in [0.29, 0.717) is 29.3 Å².